The van der Waals surface area contributed by atoms with Crippen molar-refractivity contribution in [3.05, 3.63) is 46.9 Å². The summed E-state index contributed by atoms with van der Waals surface area (Å²) in [7, 11) is 0. The number of hydrogen-bond donors (Lipinski definition) is 2. The van der Waals surface area contributed by atoms with E-state index in [4.69, 9.17) is 5.11 Å². The molecule has 1 heterocycles. The number of rotatable bonds is 7. The first-order valence-corrected chi connectivity index (χ1v) is 9.25. The molecule has 0 radical (unpaired) electrons. The van der Waals surface area contributed by atoms with Crippen LogP contribution in [-0.2, 0) is 9.59 Å². The topological polar surface area (TPSA) is 66.8 Å². The van der Waals surface area contributed by atoms with Crippen LogP contribution in [0.15, 0.2) is 41.3 Å². The van der Waals surface area contributed by atoms with E-state index < -0.39 is 52.7 Å². The summed E-state index contributed by atoms with van der Waals surface area (Å²) in [5, 5.41) is 8.78. The number of hydrogen-bond acceptors (Lipinski definition) is 5. The zero-order valence-corrected chi connectivity index (χ0v) is 16.2. The second kappa shape index (κ2) is 9.08. The summed E-state index contributed by atoms with van der Waals surface area (Å²) in [4.78, 5) is 24.1. The first-order valence-electron chi connectivity index (χ1n) is 7.85. The molecule has 0 saturated carbocycles. The predicted molar refractivity (Wildman–Crippen MR) is 99.5 cm³/mol. The zero-order chi connectivity index (χ0) is 21.9. The van der Waals surface area contributed by atoms with Crippen LogP contribution in [-0.4, -0.2) is 45.9 Å². The molecule has 1 amide bonds. The minimum absolute atomic E-state index is 0.207. The molecule has 0 bridgehead atoms. The lowest BCUT2D eigenvalue weighted by Crippen LogP contribution is -2.32. The Labute approximate surface area is 171 Å². The van der Waals surface area contributed by atoms with Crippen molar-refractivity contribution in [2.24, 2.45) is 0 Å². The van der Waals surface area contributed by atoms with Crippen LogP contribution < -0.4 is 4.74 Å². The molecule has 12 heteroatoms. The van der Waals surface area contributed by atoms with Gasteiger partial charge in [0.05, 0.1) is 16.9 Å². The predicted octanol–water partition coefficient (Wildman–Crippen LogP) is 4.38. The number of carbonyl (C=O) groups excluding carboxylic acids is 1. The molecule has 2 rings (SSSR count). The fourth-order valence-electron chi connectivity index (χ4n) is 2.46. The Bertz CT molecular complexity index is 856. The van der Waals surface area contributed by atoms with Crippen LogP contribution in [0.4, 0.5) is 22.0 Å². The van der Waals surface area contributed by atoms with Crippen molar-refractivity contribution >= 4 is 41.8 Å². The number of benzene rings is 1. The number of thiol groups is 1. The molecule has 1 saturated heterocycles. The summed E-state index contributed by atoms with van der Waals surface area (Å²) in [6.07, 6.45) is -5.34. The van der Waals surface area contributed by atoms with E-state index in [0.29, 0.717) is 11.8 Å². The Balaban J connectivity index is 2.56. The maximum atomic E-state index is 13.4. The van der Waals surface area contributed by atoms with Gasteiger partial charge in [-0.3, -0.25) is 9.59 Å². The summed E-state index contributed by atoms with van der Waals surface area (Å²) >= 11 is 4.81. The lowest BCUT2D eigenvalue weighted by molar-refractivity contribution is -0.137. The summed E-state index contributed by atoms with van der Waals surface area (Å²) in [6.45, 7) is -0.435. The van der Waals surface area contributed by atoms with Crippen molar-refractivity contribution in [2.75, 3.05) is 6.54 Å². The largest absolute Gasteiger partial charge is 0.481 e. The van der Waals surface area contributed by atoms with Gasteiger partial charge in [-0.25, -0.2) is 0 Å². The molecule has 5 nitrogen and oxygen atoms in total. The number of alkyl halides is 5. The van der Waals surface area contributed by atoms with Gasteiger partial charge in [-0.2, -0.15) is 22.0 Å². The minimum atomic E-state index is -4.91. The molecule has 1 aromatic carbocycles. The molecule has 1 aliphatic rings. The Kier molecular flexibility index (Phi) is 7.22. The van der Waals surface area contributed by atoms with Crippen molar-refractivity contribution in [1.82, 2.24) is 4.90 Å². The van der Waals surface area contributed by atoms with Crippen molar-refractivity contribution < 1.29 is 41.4 Å². The number of ether oxygens (including phenoxy) is 1. The molecule has 1 aromatic rings. The Morgan fingerprint density at radius 2 is 2.03 bits per heavy atom. The van der Waals surface area contributed by atoms with Crippen LogP contribution in [0.2, 0.25) is 0 Å². The van der Waals surface area contributed by atoms with Gasteiger partial charge in [0.25, 0.3) is 5.91 Å². The third-order valence-electron chi connectivity index (χ3n) is 3.73. The smallest absolute Gasteiger partial charge is 0.416 e. The summed E-state index contributed by atoms with van der Waals surface area (Å²) in [5.41, 5.74) is -2.17. The number of halogens is 5. The Morgan fingerprint density at radius 3 is 2.59 bits per heavy atom. The maximum Gasteiger partial charge on any atom is 0.416 e. The van der Waals surface area contributed by atoms with Crippen LogP contribution in [0.1, 0.15) is 12.0 Å². The number of thioether (sulfide) groups is 1. The van der Waals surface area contributed by atoms with Gasteiger partial charge in [-0.15, -0.1) is 12.6 Å². The van der Waals surface area contributed by atoms with E-state index in [1.54, 1.807) is 0 Å². The highest BCUT2D eigenvalue weighted by atomic mass is 32.2. The highest BCUT2D eigenvalue weighted by molar-refractivity contribution is 8.14. The van der Waals surface area contributed by atoms with E-state index in [-0.39, 0.29) is 17.0 Å². The van der Waals surface area contributed by atoms with Crippen molar-refractivity contribution in [2.45, 2.75) is 23.9 Å². The lowest BCUT2D eigenvalue weighted by atomic mass is 9.97. The molecule has 0 aromatic heterocycles. The molecule has 1 aliphatic heterocycles. The molecular formula is C17H14F5NO4S2. The Hall–Kier alpha value is -2.21. The average Bonchev–Trinajstić information content (AvgIpc) is 2.86. The van der Waals surface area contributed by atoms with Gasteiger partial charge in [0.15, 0.2) is 0 Å². The van der Waals surface area contributed by atoms with Gasteiger partial charge in [-0.05, 0) is 17.7 Å². The first kappa shape index (κ1) is 23.1. The van der Waals surface area contributed by atoms with Crippen molar-refractivity contribution in [3.8, 4) is 5.75 Å². The summed E-state index contributed by atoms with van der Waals surface area (Å²) in [5.74, 6) is -2.46. The quantitative estimate of drug-likeness (QED) is 0.363. The van der Waals surface area contributed by atoms with Gasteiger partial charge in [0.1, 0.15) is 10.5 Å². The van der Waals surface area contributed by atoms with E-state index in [2.05, 4.69) is 23.9 Å². The van der Waals surface area contributed by atoms with Gasteiger partial charge in [0.2, 0.25) is 0 Å². The summed E-state index contributed by atoms with van der Waals surface area (Å²) in [6, 6.07) is 4.45. The SMILES string of the molecule is C=C(/C(=C1\SC(S)N(CCC(=O)O)C1=O)c1cccc(OC(F)F)c1)C(F)(F)F. The zero-order valence-electron chi connectivity index (χ0n) is 14.4. The second-order valence-electron chi connectivity index (χ2n) is 5.67. The second-order valence-corrected chi connectivity index (χ2v) is 7.60. The molecule has 0 aliphatic carbocycles. The molecule has 0 spiro atoms. The molecule has 158 valence electrons. The van der Waals surface area contributed by atoms with Crippen molar-refractivity contribution in [3.63, 3.8) is 0 Å². The fourth-order valence-corrected chi connectivity index (χ4v) is 4.11. The van der Waals surface area contributed by atoms with E-state index in [1.165, 1.54) is 12.1 Å². The van der Waals surface area contributed by atoms with Crippen LogP contribution in [0.25, 0.3) is 5.57 Å². The monoisotopic (exact) mass is 455 g/mol. The van der Waals surface area contributed by atoms with E-state index in [1.807, 2.05) is 0 Å². The number of carboxylic acids is 1. The molecule has 1 N–H and O–H groups in total. The van der Waals surface area contributed by atoms with Crippen LogP contribution in [0.3, 0.4) is 0 Å². The van der Waals surface area contributed by atoms with E-state index in [9.17, 15) is 31.5 Å². The Morgan fingerprint density at radius 1 is 1.38 bits per heavy atom. The third-order valence-corrected chi connectivity index (χ3v) is 5.41. The fraction of sp³-hybridized carbons (Fsp3) is 0.294. The molecule has 1 atom stereocenters. The standard InChI is InChI=1S/C17H14F5NO4S2/c1-8(17(20,21)22)12(9-3-2-4-10(7-9)27-15(18)19)13-14(26)23(16(28)29-13)6-5-11(24)25/h2-4,7,15-16,28H,1,5-6H2,(H,24,25)/b13-12+. The van der Waals surface area contributed by atoms with Gasteiger partial charge in [-0.1, -0.05) is 30.5 Å². The van der Waals surface area contributed by atoms with Gasteiger partial charge < -0.3 is 14.7 Å². The first-order chi connectivity index (χ1) is 13.4. The molecule has 1 fully saturated rings. The number of carboxylic acid groups (broad SMARTS) is 1. The van der Waals surface area contributed by atoms with Gasteiger partial charge >= 0.3 is 18.8 Å². The number of carbonyl (C=O) groups is 2. The highest BCUT2D eigenvalue weighted by Crippen LogP contribution is 2.46. The number of allylic oxidation sites excluding steroid dienone is 2. The van der Waals surface area contributed by atoms with Crippen LogP contribution in [0.5, 0.6) is 5.75 Å². The number of nitrogens with zero attached hydrogens (tertiary/aromatic N) is 1. The molecular weight excluding hydrogens is 441 g/mol. The van der Waals surface area contributed by atoms with Crippen molar-refractivity contribution in [1.29, 1.82) is 0 Å². The normalized spacial score (nSPS) is 18.9. The van der Waals surface area contributed by atoms with Crippen LogP contribution >= 0.6 is 24.4 Å². The lowest BCUT2D eigenvalue weighted by Gasteiger charge is -2.18. The highest BCUT2D eigenvalue weighted by Gasteiger charge is 2.42. The number of aliphatic carboxylic acids is 1. The van der Waals surface area contributed by atoms with Gasteiger partial charge in [0, 0.05) is 12.1 Å². The molecule has 1 unspecified atom stereocenters. The summed E-state index contributed by atoms with van der Waals surface area (Å²) < 4.78 is 68.4. The van der Waals surface area contributed by atoms with E-state index >= 15 is 0 Å². The minimum Gasteiger partial charge on any atom is -0.481 e. The average molecular weight is 455 g/mol. The van der Waals surface area contributed by atoms with Crippen LogP contribution in [0, 0.1) is 0 Å². The maximum absolute atomic E-state index is 13.4. The van der Waals surface area contributed by atoms with E-state index in [0.717, 1.165) is 17.0 Å². The third kappa shape index (κ3) is 5.66. The number of amides is 1. The molecule has 29 heavy (non-hydrogen) atoms.